The molecule has 1 aliphatic rings. The number of aryl methyl sites for hydroxylation is 1. The number of nitrogens with one attached hydrogen (secondary N) is 2. The Balaban J connectivity index is 2.46. The summed E-state index contributed by atoms with van der Waals surface area (Å²) in [4.78, 5) is 23.1. The van der Waals surface area contributed by atoms with E-state index in [0.717, 1.165) is 4.31 Å². The summed E-state index contributed by atoms with van der Waals surface area (Å²) >= 11 is 0. The zero-order chi connectivity index (χ0) is 14.2. The minimum atomic E-state index is -3.92. The molecule has 2 N–H and O–H groups in total. The Labute approximate surface area is 110 Å². The molecule has 2 rings (SSSR count). The standard InChI is InChI=1S/C10H14N4O4S/c1-3-7-10(16)12-9(15)5-14(7)19(17,18)8-4-11-13-6(8)2/h4,7H,3,5H2,1-2H3,(H,11,13)(H,12,15,16). The normalized spacial score (nSPS) is 21.5. The first kappa shape index (κ1) is 13.7. The van der Waals surface area contributed by atoms with Gasteiger partial charge < -0.3 is 0 Å². The molecule has 0 saturated carbocycles. The number of nitrogens with zero attached hydrogens (tertiary/aromatic N) is 2. The van der Waals surface area contributed by atoms with Crippen molar-refractivity contribution >= 4 is 21.8 Å². The van der Waals surface area contributed by atoms with E-state index in [4.69, 9.17) is 0 Å². The molecule has 0 bridgehead atoms. The lowest BCUT2D eigenvalue weighted by atomic mass is 10.2. The van der Waals surface area contributed by atoms with Gasteiger partial charge >= 0.3 is 0 Å². The second kappa shape index (κ2) is 4.74. The number of piperazine rings is 1. The van der Waals surface area contributed by atoms with Crippen LogP contribution in [0, 0.1) is 6.92 Å². The fourth-order valence-electron chi connectivity index (χ4n) is 2.01. The molecule has 1 aliphatic heterocycles. The third-order valence-electron chi connectivity index (χ3n) is 2.97. The topological polar surface area (TPSA) is 112 Å². The van der Waals surface area contributed by atoms with E-state index in [9.17, 15) is 18.0 Å². The lowest BCUT2D eigenvalue weighted by molar-refractivity contribution is -0.137. The van der Waals surface area contributed by atoms with Crippen molar-refractivity contribution in [3.8, 4) is 0 Å². The number of H-pyrrole nitrogens is 1. The molecule has 0 aliphatic carbocycles. The van der Waals surface area contributed by atoms with Gasteiger partial charge in [-0.25, -0.2) is 8.42 Å². The number of aromatic amines is 1. The summed E-state index contributed by atoms with van der Waals surface area (Å²) in [6.07, 6.45) is 1.46. The Bertz CT molecular complexity index is 621. The fraction of sp³-hybridized carbons (Fsp3) is 0.500. The van der Waals surface area contributed by atoms with E-state index < -0.39 is 27.9 Å². The van der Waals surface area contributed by atoms with Crippen molar-refractivity contribution in [2.45, 2.75) is 31.2 Å². The molecule has 1 aromatic heterocycles. The van der Waals surface area contributed by atoms with E-state index in [2.05, 4.69) is 15.5 Å². The zero-order valence-corrected chi connectivity index (χ0v) is 11.3. The SMILES string of the molecule is CCC1C(=O)NC(=O)CN1S(=O)(=O)c1cn[nH]c1C. The summed E-state index contributed by atoms with van der Waals surface area (Å²) in [7, 11) is -3.92. The number of carbonyl (C=O) groups is 2. The average Bonchev–Trinajstić information content (AvgIpc) is 2.75. The van der Waals surface area contributed by atoms with E-state index in [1.807, 2.05) is 0 Å². The molecule has 1 fully saturated rings. The number of aromatic nitrogens is 2. The quantitative estimate of drug-likeness (QED) is 0.702. The van der Waals surface area contributed by atoms with Gasteiger partial charge in [0.1, 0.15) is 10.9 Å². The van der Waals surface area contributed by atoms with Crippen LogP contribution in [0.2, 0.25) is 0 Å². The van der Waals surface area contributed by atoms with Gasteiger partial charge in [-0.1, -0.05) is 6.92 Å². The van der Waals surface area contributed by atoms with Crippen molar-refractivity contribution in [3.05, 3.63) is 11.9 Å². The van der Waals surface area contributed by atoms with Gasteiger partial charge in [-0.3, -0.25) is 20.0 Å². The third kappa shape index (κ3) is 2.26. The second-order valence-corrected chi connectivity index (χ2v) is 6.10. The molecular formula is C10H14N4O4S. The first-order valence-corrected chi connectivity index (χ1v) is 7.17. The van der Waals surface area contributed by atoms with Gasteiger partial charge in [0, 0.05) is 0 Å². The zero-order valence-electron chi connectivity index (χ0n) is 10.5. The monoisotopic (exact) mass is 286 g/mol. The van der Waals surface area contributed by atoms with Crippen molar-refractivity contribution in [1.82, 2.24) is 19.8 Å². The molecule has 1 saturated heterocycles. The lowest BCUT2D eigenvalue weighted by Gasteiger charge is -2.32. The van der Waals surface area contributed by atoms with Gasteiger partial charge in [0.15, 0.2) is 0 Å². The number of carbonyl (C=O) groups excluding carboxylic acids is 2. The Morgan fingerprint density at radius 1 is 1.47 bits per heavy atom. The van der Waals surface area contributed by atoms with Crippen molar-refractivity contribution in [2.24, 2.45) is 0 Å². The largest absolute Gasteiger partial charge is 0.294 e. The van der Waals surface area contributed by atoms with E-state index >= 15 is 0 Å². The fourth-order valence-corrected chi connectivity index (χ4v) is 3.75. The van der Waals surface area contributed by atoms with E-state index in [-0.39, 0.29) is 17.9 Å². The van der Waals surface area contributed by atoms with Gasteiger partial charge in [0.2, 0.25) is 21.8 Å². The van der Waals surface area contributed by atoms with Gasteiger partial charge in [-0.05, 0) is 13.3 Å². The van der Waals surface area contributed by atoms with Crippen molar-refractivity contribution in [2.75, 3.05) is 6.54 Å². The molecule has 1 atom stereocenters. The smallest absolute Gasteiger partial charge is 0.247 e. The molecule has 0 aromatic carbocycles. The van der Waals surface area contributed by atoms with Crippen molar-refractivity contribution in [3.63, 3.8) is 0 Å². The predicted molar refractivity (Wildman–Crippen MR) is 64.4 cm³/mol. The number of imide groups is 1. The van der Waals surface area contributed by atoms with E-state index in [1.54, 1.807) is 13.8 Å². The molecule has 104 valence electrons. The molecule has 19 heavy (non-hydrogen) atoms. The van der Waals surface area contributed by atoms with Crippen LogP contribution in [-0.4, -0.2) is 47.3 Å². The van der Waals surface area contributed by atoms with Crippen LogP contribution in [0.1, 0.15) is 19.0 Å². The first-order chi connectivity index (χ1) is 8.87. The summed E-state index contributed by atoms with van der Waals surface area (Å²) in [5.74, 6) is -1.22. The first-order valence-electron chi connectivity index (χ1n) is 5.73. The van der Waals surface area contributed by atoms with Crippen molar-refractivity contribution < 1.29 is 18.0 Å². The molecule has 0 radical (unpaired) electrons. The molecule has 8 nitrogen and oxygen atoms in total. The highest BCUT2D eigenvalue weighted by atomic mass is 32.2. The average molecular weight is 286 g/mol. The number of sulfonamides is 1. The number of rotatable bonds is 3. The molecular weight excluding hydrogens is 272 g/mol. The van der Waals surface area contributed by atoms with Crippen LogP contribution in [0.15, 0.2) is 11.1 Å². The molecule has 1 aromatic rings. The van der Waals surface area contributed by atoms with Gasteiger partial charge in [0.25, 0.3) is 0 Å². The Morgan fingerprint density at radius 3 is 2.68 bits per heavy atom. The van der Waals surface area contributed by atoms with Gasteiger partial charge in [-0.2, -0.15) is 9.40 Å². The summed E-state index contributed by atoms with van der Waals surface area (Å²) in [6, 6.07) is -0.878. The van der Waals surface area contributed by atoms with Gasteiger partial charge in [-0.15, -0.1) is 0 Å². The van der Waals surface area contributed by atoms with Crippen LogP contribution < -0.4 is 5.32 Å². The Kier molecular flexibility index (Phi) is 3.42. The van der Waals surface area contributed by atoms with Crippen LogP contribution in [-0.2, 0) is 19.6 Å². The van der Waals surface area contributed by atoms with E-state index in [1.165, 1.54) is 6.20 Å². The van der Waals surface area contributed by atoms with Crippen LogP contribution in [0.3, 0.4) is 0 Å². The van der Waals surface area contributed by atoms with E-state index in [0.29, 0.717) is 5.69 Å². The van der Waals surface area contributed by atoms with Crippen molar-refractivity contribution in [1.29, 1.82) is 0 Å². The highest BCUT2D eigenvalue weighted by molar-refractivity contribution is 7.89. The maximum atomic E-state index is 12.5. The summed E-state index contributed by atoms with van der Waals surface area (Å²) in [6.45, 7) is 2.88. The number of hydrogen-bond acceptors (Lipinski definition) is 5. The summed E-state index contributed by atoms with van der Waals surface area (Å²) < 4.78 is 25.8. The minimum Gasteiger partial charge on any atom is -0.294 e. The summed E-state index contributed by atoms with van der Waals surface area (Å²) in [5.41, 5.74) is 0.369. The highest BCUT2D eigenvalue weighted by Crippen LogP contribution is 2.22. The molecule has 2 amide bonds. The van der Waals surface area contributed by atoms with Crippen LogP contribution in [0.5, 0.6) is 0 Å². The minimum absolute atomic E-state index is 0.0200. The molecule has 9 heteroatoms. The highest BCUT2D eigenvalue weighted by Gasteiger charge is 2.41. The molecule has 0 spiro atoms. The summed E-state index contributed by atoms with van der Waals surface area (Å²) in [5, 5.41) is 8.32. The van der Waals surface area contributed by atoms with Crippen LogP contribution in [0.25, 0.3) is 0 Å². The molecule has 2 heterocycles. The predicted octanol–water partition coefficient (Wildman–Crippen LogP) is -0.856. The number of amides is 2. The lowest BCUT2D eigenvalue weighted by Crippen LogP contribution is -2.59. The van der Waals surface area contributed by atoms with Crippen LogP contribution in [0.4, 0.5) is 0 Å². The number of hydrogen-bond donors (Lipinski definition) is 2. The van der Waals surface area contributed by atoms with Crippen LogP contribution >= 0.6 is 0 Å². The Hall–Kier alpha value is -1.74. The van der Waals surface area contributed by atoms with Gasteiger partial charge in [0.05, 0.1) is 18.4 Å². The maximum absolute atomic E-state index is 12.5. The second-order valence-electron chi connectivity index (χ2n) is 4.25. The Morgan fingerprint density at radius 2 is 2.16 bits per heavy atom. The third-order valence-corrected chi connectivity index (χ3v) is 4.94. The maximum Gasteiger partial charge on any atom is 0.247 e. The molecule has 1 unspecified atom stereocenters.